The number of nitrogens with zero attached hydrogens (tertiary/aromatic N) is 1. The fourth-order valence-electron chi connectivity index (χ4n) is 2.50. The standard InChI is InChI=1S/C19H34N4OS2/c20-11-15-23(16-12-21)19(24)10-5-2-6-13-22-14-7-17-25-26-18-8-3-1-4-9-18/h1,3-4,8-9,22H,2,5-7,10-17,20-21H2. The van der Waals surface area contributed by atoms with E-state index in [1.165, 1.54) is 11.3 Å². The number of hydrogen-bond acceptors (Lipinski definition) is 6. The van der Waals surface area contributed by atoms with Crippen LogP contribution in [0.4, 0.5) is 0 Å². The van der Waals surface area contributed by atoms with Gasteiger partial charge in [-0.1, -0.05) is 46.2 Å². The van der Waals surface area contributed by atoms with E-state index in [9.17, 15) is 4.79 Å². The summed E-state index contributed by atoms with van der Waals surface area (Å²) >= 11 is 0. The van der Waals surface area contributed by atoms with Crippen LogP contribution in [0.25, 0.3) is 0 Å². The molecule has 0 saturated carbocycles. The Morgan fingerprint density at radius 1 is 0.962 bits per heavy atom. The Hall–Kier alpha value is -0.730. The van der Waals surface area contributed by atoms with E-state index in [4.69, 9.17) is 11.5 Å². The van der Waals surface area contributed by atoms with Crippen molar-refractivity contribution in [2.24, 2.45) is 11.5 Å². The molecular weight excluding hydrogens is 364 g/mol. The molecule has 0 radical (unpaired) electrons. The van der Waals surface area contributed by atoms with E-state index >= 15 is 0 Å². The molecule has 0 unspecified atom stereocenters. The Kier molecular flexibility index (Phi) is 14.7. The number of nitrogens with one attached hydrogen (secondary N) is 1. The number of carbonyl (C=O) groups is 1. The van der Waals surface area contributed by atoms with Crippen molar-refractivity contribution >= 4 is 27.5 Å². The normalized spacial score (nSPS) is 10.8. The van der Waals surface area contributed by atoms with Crippen LogP contribution in [-0.4, -0.2) is 55.8 Å². The van der Waals surface area contributed by atoms with Gasteiger partial charge in [-0.25, -0.2) is 0 Å². The number of rotatable bonds is 16. The molecule has 0 saturated heterocycles. The molecule has 1 rings (SSSR count). The zero-order chi connectivity index (χ0) is 18.9. The zero-order valence-corrected chi connectivity index (χ0v) is 17.3. The van der Waals surface area contributed by atoms with Crippen LogP contribution in [0.1, 0.15) is 32.1 Å². The van der Waals surface area contributed by atoms with Gasteiger partial charge in [0.15, 0.2) is 0 Å². The highest BCUT2D eigenvalue weighted by atomic mass is 33.1. The predicted octanol–water partition coefficient (Wildman–Crippen LogP) is 2.71. The van der Waals surface area contributed by atoms with Crippen molar-refractivity contribution in [3.8, 4) is 0 Å². The summed E-state index contributed by atoms with van der Waals surface area (Å²) in [4.78, 5) is 15.2. The summed E-state index contributed by atoms with van der Waals surface area (Å²) in [5.74, 6) is 1.33. The van der Waals surface area contributed by atoms with Crippen molar-refractivity contribution in [2.45, 2.75) is 37.0 Å². The maximum atomic E-state index is 12.1. The number of nitrogens with two attached hydrogens (primary N) is 2. The lowest BCUT2D eigenvalue weighted by Gasteiger charge is -2.21. The van der Waals surface area contributed by atoms with Crippen LogP contribution in [0.5, 0.6) is 0 Å². The van der Waals surface area contributed by atoms with E-state index < -0.39 is 0 Å². The fraction of sp³-hybridized carbons (Fsp3) is 0.632. The topological polar surface area (TPSA) is 84.4 Å². The van der Waals surface area contributed by atoms with Crippen molar-refractivity contribution < 1.29 is 4.79 Å². The number of amides is 1. The highest BCUT2D eigenvalue weighted by Crippen LogP contribution is 2.30. The van der Waals surface area contributed by atoms with Gasteiger partial charge in [0.1, 0.15) is 0 Å². The summed E-state index contributed by atoms with van der Waals surface area (Å²) in [5, 5.41) is 3.48. The first-order valence-corrected chi connectivity index (χ1v) is 11.8. The minimum Gasteiger partial charge on any atom is -0.340 e. The predicted molar refractivity (Wildman–Crippen MR) is 115 cm³/mol. The highest BCUT2D eigenvalue weighted by Gasteiger charge is 2.10. The van der Waals surface area contributed by atoms with Gasteiger partial charge in [0.25, 0.3) is 0 Å². The van der Waals surface area contributed by atoms with Crippen LogP contribution in [0.2, 0.25) is 0 Å². The van der Waals surface area contributed by atoms with E-state index in [-0.39, 0.29) is 5.91 Å². The molecule has 5 nitrogen and oxygen atoms in total. The summed E-state index contributed by atoms with van der Waals surface area (Å²) < 4.78 is 0. The van der Waals surface area contributed by atoms with E-state index in [1.807, 2.05) is 27.7 Å². The largest absolute Gasteiger partial charge is 0.340 e. The number of unbranched alkanes of at least 4 members (excludes halogenated alkanes) is 2. The van der Waals surface area contributed by atoms with Crippen molar-refractivity contribution in [3.63, 3.8) is 0 Å². The maximum absolute atomic E-state index is 12.1. The van der Waals surface area contributed by atoms with Crippen molar-refractivity contribution in [1.29, 1.82) is 0 Å². The molecule has 0 aromatic heterocycles. The Morgan fingerprint density at radius 2 is 1.65 bits per heavy atom. The van der Waals surface area contributed by atoms with Gasteiger partial charge in [-0.15, -0.1) is 0 Å². The second kappa shape index (κ2) is 16.4. The first-order valence-electron chi connectivity index (χ1n) is 9.51. The zero-order valence-electron chi connectivity index (χ0n) is 15.7. The lowest BCUT2D eigenvalue weighted by Crippen LogP contribution is -2.38. The van der Waals surface area contributed by atoms with Crippen LogP contribution in [0, 0.1) is 0 Å². The van der Waals surface area contributed by atoms with Gasteiger partial charge >= 0.3 is 0 Å². The van der Waals surface area contributed by atoms with E-state index in [2.05, 4.69) is 29.6 Å². The SMILES string of the molecule is NCCN(CCN)C(=O)CCCCCNCCCSSc1ccccc1. The second-order valence-electron chi connectivity index (χ2n) is 6.09. The average Bonchev–Trinajstić information content (AvgIpc) is 2.66. The molecule has 0 aliphatic carbocycles. The summed E-state index contributed by atoms with van der Waals surface area (Å²) in [6, 6.07) is 10.5. The molecule has 7 heteroatoms. The molecule has 0 spiro atoms. The lowest BCUT2D eigenvalue weighted by atomic mass is 10.1. The Balaban J connectivity index is 1.89. The summed E-state index contributed by atoms with van der Waals surface area (Å²) in [6.45, 7) is 4.30. The molecular formula is C19H34N4OS2. The highest BCUT2D eigenvalue weighted by molar-refractivity contribution is 8.76. The summed E-state index contributed by atoms with van der Waals surface area (Å²) in [5.41, 5.74) is 11.1. The van der Waals surface area contributed by atoms with Crippen LogP contribution in [0.15, 0.2) is 35.2 Å². The Labute approximate surface area is 166 Å². The van der Waals surface area contributed by atoms with Crippen molar-refractivity contribution in [1.82, 2.24) is 10.2 Å². The fourth-order valence-corrected chi connectivity index (χ4v) is 4.60. The van der Waals surface area contributed by atoms with Gasteiger partial charge in [-0.2, -0.15) is 0 Å². The lowest BCUT2D eigenvalue weighted by molar-refractivity contribution is -0.131. The molecule has 0 aliphatic heterocycles. The smallest absolute Gasteiger partial charge is 0.222 e. The van der Waals surface area contributed by atoms with Crippen molar-refractivity contribution in [3.05, 3.63) is 30.3 Å². The third-order valence-corrected chi connectivity index (χ3v) is 6.34. The van der Waals surface area contributed by atoms with E-state index in [0.717, 1.165) is 38.1 Å². The van der Waals surface area contributed by atoms with Gasteiger partial charge in [-0.05, 0) is 44.5 Å². The van der Waals surface area contributed by atoms with Gasteiger partial charge in [0.2, 0.25) is 5.91 Å². The quantitative estimate of drug-likeness (QED) is 0.293. The number of carbonyl (C=O) groups excluding carboxylic acids is 1. The molecule has 26 heavy (non-hydrogen) atoms. The van der Waals surface area contributed by atoms with Crippen molar-refractivity contribution in [2.75, 3.05) is 45.0 Å². The minimum atomic E-state index is 0.182. The van der Waals surface area contributed by atoms with Crippen LogP contribution in [0.3, 0.4) is 0 Å². The van der Waals surface area contributed by atoms with Crippen LogP contribution < -0.4 is 16.8 Å². The molecule has 148 valence electrons. The Morgan fingerprint density at radius 3 is 2.35 bits per heavy atom. The first kappa shape index (κ1) is 23.3. The minimum absolute atomic E-state index is 0.182. The molecule has 0 bridgehead atoms. The molecule has 1 amide bonds. The number of benzene rings is 1. The maximum Gasteiger partial charge on any atom is 0.222 e. The average molecular weight is 399 g/mol. The molecule has 0 fully saturated rings. The first-order chi connectivity index (χ1) is 12.8. The molecule has 0 atom stereocenters. The Bertz CT molecular complexity index is 456. The van der Waals surface area contributed by atoms with Crippen LogP contribution in [-0.2, 0) is 4.79 Å². The van der Waals surface area contributed by atoms with Crippen LogP contribution >= 0.6 is 21.6 Å². The van der Waals surface area contributed by atoms with E-state index in [0.29, 0.717) is 32.6 Å². The van der Waals surface area contributed by atoms with Gasteiger partial charge in [-0.3, -0.25) is 4.79 Å². The molecule has 1 aromatic rings. The van der Waals surface area contributed by atoms with Gasteiger partial charge < -0.3 is 21.7 Å². The summed E-state index contributed by atoms with van der Waals surface area (Å²) in [6.07, 6.45) is 4.92. The molecule has 1 aromatic carbocycles. The third-order valence-electron chi connectivity index (χ3n) is 3.87. The third kappa shape index (κ3) is 11.8. The molecule has 0 heterocycles. The number of hydrogen-bond donors (Lipinski definition) is 3. The van der Waals surface area contributed by atoms with E-state index in [1.54, 1.807) is 4.90 Å². The van der Waals surface area contributed by atoms with Gasteiger partial charge in [0.05, 0.1) is 0 Å². The molecule has 0 aliphatic rings. The molecule has 5 N–H and O–H groups in total. The monoisotopic (exact) mass is 398 g/mol. The second-order valence-corrected chi connectivity index (χ2v) is 8.58. The summed E-state index contributed by atoms with van der Waals surface area (Å²) in [7, 11) is 3.75. The van der Waals surface area contributed by atoms with Gasteiger partial charge in [0, 0.05) is 43.2 Å².